The normalized spacial score (nSPS) is 16.7. The Hall–Kier alpha value is -0.160. The number of nitrogens with zero attached hydrogens (tertiary/aromatic N) is 1. The predicted octanol–water partition coefficient (Wildman–Crippen LogP) is 2.65. The first-order valence-corrected chi connectivity index (χ1v) is 8.46. The van der Waals surface area contributed by atoms with E-state index in [1.807, 2.05) is 0 Å². The molecule has 0 amide bonds. The van der Waals surface area contributed by atoms with Gasteiger partial charge in [0.25, 0.3) is 0 Å². The molecule has 0 aromatic carbocycles. The Morgan fingerprint density at radius 2 is 1.76 bits per heavy atom. The summed E-state index contributed by atoms with van der Waals surface area (Å²) in [7, 11) is 1.76. The van der Waals surface area contributed by atoms with Gasteiger partial charge in [-0.05, 0) is 33.1 Å². The lowest BCUT2D eigenvalue weighted by atomic mass is 9.91. The molecule has 0 spiro atoms. The van der Waals surface area contributed by atoms with Crippen molar-refractivity contribution in [2.24, 2.45) is 0 Å². The van der Waals surface area contributed by atoms with Gasteiger partial charge in [-0.2, -0.15) is 0 Å². The Kier molecular flexibility index (Phi) is 10.5. The van der Waals surface area contributed by atoms with E-state index in [2.05, 4.69) is 51.8 Å². The molecule has 0 aromatic rings. The standard InChI is InChI=1S/C17H38N2O2/c1-8-16(9-2)19(10-11-21-7)15(5)12-17(6,13-20)18-14(3)4/h14-16,18,20H,8-13H2,1-7H3. The minimum absolute atomic E-state index is 0.163. The smallest absolute Gasteiger partial charge is 0.0611 e. The lowest BCUT2D eigenvalue weighted by Crippen LogP contribution is -2.54. The molecule has 0 aliphatic carbocycles. The molecule has 0 aromatic heterocycles. The van der Waals surface area contributed by atoms with E-state index in [9.17, 15) is 5.11 Å². The van der Waals surface area contributed by atoms with Crippen molar-refractivity contribution >= 4 is 0 Å². The van der Waals surface area contributed by atoms with E-state index in [1.54, 1.807) is 7.11 Å². The molecule has 0 bridgehead atoms. The van der Waals surface area contributed by atoms with Crippen LogP contribution in [-0.4, -0.2) is 60.5 Å². The molecule has 0 saturated carbocycles. The van der Waals surface area contributed by atoms with Gasteiger partial charge < -0.3 is 15.2 Å². The molecule has 0 saturated heterocycles. The average molecular weight is 303 g/mol. The summed E-state index contributed by atoms with van der Waals surface area (Å²) in [4.78, 5) is 2.54. The van der Waals surface area contributed by atoms with Crippen LogP contribution in [0.5, 0.6) is 0 Å². The first kappa shape index (κ1) is 20.8. The van der Waals surface area contributed by atoms with Crippen LogP contribution in [0.1, 0.15) is 60.8 Å². The Balaban J connectivity index is 4.87. The zero-order valence-corrected chi connectivity index (χ0v) is 15.3. The van der Waals surface area contributed by atoms with Crippen LogP contribution in [0.3, 0.4) is 0 Å². The Morgan fingerprint density at radius 3 is 2.14 bits per heavy atom. The van der Waals surface area contributed by atoms with Crippen LogP contribution in [0, 0.1) is 0 Å². The van der Waals surface area contributed by atoms with Crippen LogP contribution in [0.15, 0.2) is 0 Å². The molecule has 0 rings (SSSR count). The van der Waals surface area contributed by atoms with Crippen molar-refractivity contribution in [2.45, 2.75) is 84.5 Å². The van der Waals surface area contributed by atoms with Crippen molar-refractivity contribution in [3.8, 4) is 0 Å². The van der Waals surface area contributed by atoms with Gasteiger partial charge in [-0.25, -0.2) is 0 Å². The third-order valence-corrected chi connectivity index (χ3v) is 4.26. The topological polar surface area (TPSA) is 44.7 Å². The summed E-state index contributed by atoms with van der Waals surface area (Å²) in [5, 5.41) is 13.3. The summed E-state index contributed by atoms with van der Waals surface area (Å²) >= 11 is 0. The SMILES string of the molecule is CCC(CC)N(CCOC)C(C)CC(C)(CO)NC(C)C. The van der Waals surface area contributed by atoms with E-state index >= 15 is 0 Å². The van der Waals surface area contributed by atoms with Gasteiger partial charge in [0.2, 0.25) is 0 Å². The number of aliphatic hydroxyl groups excluding tert-OH is 1. The first-order valence-electron chi connectivity index (χ1n) is 8.46. The maximum Gasteiger partial charge on any atom is 0.0611 e. The summed E-state index contributed by atoms with van der Waals surface area (Å²) in [6.45, 7) is 15.0. The van der Waals surface area contributed by atoms with Gasteiger partial charge in [0.1, 0.15) is 0 Å². The minimum Gasteiger partial charge on any atom is -0.394 e. The van der Waals surface area contributed by atoms with Gasteiger partial charge in [-0.15, -0.1) is 0 Å². The van der Waals surface area contributed by atoms with Crippen LogP contribution < -0.4 is 5.32 Å². The van der Waals surface area contributed by atoms with Crippen LogP contribution in [-0.2, 0) is 4.74 Å². The fraction of sp³-hybridized carbons (Fsp3) is 1.00. The Morgan fingerprint density at radius 1 is 1.19 bits per heavy atom. The van der Waals surface area contributed by atoms with Crippen LogP contribution in [0.25, 0.3) is 0 Å². The molecule has 2 atom stereocenters. The molecule has 0 fully saturated rings. The fourth-order valence-electron chi connectivity index (χ4n) is 3.35. The van der Waals surface area contributed by atoms with E-state index in [0.29, 0.717) is 18.1 Å². The molecular formula is C17H38N2O2. The molecule has 0 aliphatic heterocycles. The fourth-order valence-corrected chi connectivity index (χ4v) is 3.35. The lowest BCUT2D eigenvalue weighted by Gasteiger charge is -2.41. The maximum absolute atomic E-state index is 9.79. The van der Waals surface area contributed by atoms with Crippen molar-refractivity contribution in [3.63, 3.8) is 0 Å². The van der Waals surface area contributed by atoms with E-state index in [4.69, 9.17) is 4.74 Å². The largest absolute Gasteiger partial charge is 0.394 e. The van der Waals surface area contributed by atoms with Crippen LogP contribution >= 0.6 is 0 Å². The number of nitrogens with one attached hydrogen (secondary N) is 1. The van der Waals surface area contributed by atoms with Gasteiger partial charge in [0.05, 0.1) is 13.2 Å². The highest BCUT2D eigenvalue weighted by Gasteiger charge is 2.30. The van der Waals surface area contributed by atoms with Crippen molar-refractivity contribution in [3.05, 3.63) is 0 Å². The number of methoxy groups -OCH3 is 1. The zero-order chi connectivity index (χ0) is 16.5. The number of ether oxygens (including phenoxy) is 1. The molecule has 0 aliphatic rings. The molecular weight excluding hydrogens is 264 g/mol. The second-order valence-electron chi connectivity index (χ2n) is 6.77. The molecule has 0 radical (unpaired) electrons. The van der Waals surface area contributed by atoms with E-state index in [0.717, 1.165) is 32.4 Å². The Labute approximate surface area is 132 Å². The van der Waals surface area contributed by atoms with Crippen LogP contribution in [0.2, 0.25) is 0 Å². The Bertz CT molecular complexity index is 257. The first-order chi connectivity index (χ1) is 9.83. The van der Waals surface area contributed by atoms with Gasteiger partial charge in [0, 0.05) is 37.3 Å². The van der Waals surface area contributed by atoms with Crippen molar-refractivity contribution in [1.29, 1.82) is 0 Å². The molecule has 4 nitrogen and oxygen atoms in total. The van der Waals surface area contributed by atoms with Crippen LogP contribution in [0.4, 0.5) is 0 Å². The zero-order valence-electron chi connectivity index (χ0n) is 15.3. The average Bonchev–Trinajstić information content (AvgIpc) is 2.42. The van der Waals surface area contributed by atoms with E-state index in [-0.39, 0.29) is 12.1 Å². The maximum atomic E-state index is 9.79. The summed E-state index contributed by atoms with van der Waals surface area (Å²) < 4.78 is 5.28. The highest BCUT2D eigenvalue weighted by atomic mass is 16.5. The van der Waals surface area contributed by atoms with Gasteiger partial charge in [0.15, 0.2) is 0 Å². The van der Waals surface area contributed by atoms with Gasteiger partial charge >= 0.3 is 0 Å². The third kappa shape index (κ3) is 7.59. The minimum atomic E-state index is -0.231. The molecule has 128 valence electrons. The monoisotopic (exact) mass is 302 g/mol. The summed E-state index contributed by atoms with van der Waals surface area (Å²) in [6.07, 6.45) is 3.23. The van der Waals surface area contributed by atoms with Gasteiger partial charge in [-0.3, -0.25) is 4.90 Å². The number of hydrogen-bond acceptors (Lipinski definition) is 4. The number of rotatable bonds is 12. The second kappa shape index (κ2) is 10.5. The summed E-state index contributed by atoms with van der Waals surface area (Å²) in [6, 6.07) is 1.36. The lowest BCUT2D eigenvalue weighted by molar-refractivity contribution is 0.0565. The third-order valence-electron chi connectivity index (χ3n) is 4.26. The highest BCUT2D eigenvalue weighted by molar-refractivity contribution is 4.89. The quantitative estimate of drug-likeness (QED) is 0.582. The van der Waals surface area contributed by atoms with Crippen molar-refractivity contribution in [2.75, 3.05) is 26.9 Å². The van der Waals surface area contributed by atoms with Gasteiger partial charge in [-0.1, -0.05) is 27.7 Å². The second-order valence-corrected chi connectivity index (χ2v) is 6.77. The van der Waals surface area contributed by atoms with Crippen molar-refractivity contribution in [1.82, 2.24) is 10.2 Å². The predicted molar refractivity (Wildman–Crippen MR) is 90.8 cm³/mol. The molecule has 2 N–H and O–H groups in total. The van der Waals surface area contributed by atoms with E-state index < -0.39 is 0 Å². The molecule has 2 unspecified atom stereocenters. The molecule has 21 heavy (non-hydrogen) atoms. The van der Waals surface area contributed by atoms with E-state index in [1.165, 1.54) is 0 Å². The molecule has 4 heteroatoms. The summed E-state index contributed by atoms with van der Waals surface area (Å²) in [5.41, 5.74) is -0.231. The summed E-state index contributed by atoms with van der Waals surface area (Å²) in [5.74, 6) is 0. The highest BCUT2D eigenvalue weighted by Crippen LogP contribution is 2.21. The molecule has 0 heterocycles. The number of aliphatic hydroxyl groups is 1. The van der Waals surface area contributed by atoms with Crippen molar-refractivity contribution < 1.29 is 9.84 Å². The number of hydrogen-bond donors (Lipinski definition) is 2.